The quantitative estimate of drug-likeness (QED) is 0.0201. The second-order valence-electron chi connectivity index (χ2n) is 23.6. The Hall–Kier alpha value is -3.55. The van der Waals surface area contributed by atoms with Gasteiger partial charge in [-0.05, 0) is 77.0 Å². The lowest BCUT2D eigenvalue weighted by Crippen LogP contribution is -2.66. The molecular weight excluding hydrogens is 1140 g/mol. The van der Waals surface area contributed by atoms with E-state index >= 15 is 0 Å². The van der Waals surface area contributed by atoms with Crippen LogP contribution in [0.1, 0.15) is 194 Å². The van der Waals surface area contributed by atoms with E-state index < -0.39 is 124 Å². The van der Waals surface area contributed by atoms with Gasteiger partial charge in [0.05, 0.1) is 38.6 Å². The van der Waals surface area contributed by atoms with E-state index in [1.54, 1.807) is 0 Å². The normalized spacial score (nSPS) is 28.9. The van der Waals surface area contributed by atoms with Crippen molar-refractivity contribution in [3.8, 4) is 0 Å². The van der Waals surface area contributed by atoms with Crippen LogP contribution in [0.25, 0.3) is 0 Å². The molecule has 3 rings (SSSR count). The Bertz CT molecular complexity index is 2040. The van der Waals surface area contributed by atoms with Crippen molar-refractivity contribution in [2.75, 3.05) is 26.4 Å². The van der Waals surface area contributed by atoms with Gasteiger partial charge in [-0.3, -0.25) is 4.79 Å². The number of hydrogen-bond donors (Lipinski definition) is 12. The minimum absolute atomic E-state index is 0.179. The Morgan fingerprint density at radius 3 is 1.17 bits per heavy atom. The van der Waals surface area contributed by atoms with Gasteiger partial charge in [-0.15, -0.1) is 0 Å². The predicted octanol–water partition coefficient (Wildman–Crippen LogP) is 8.27. The molecule has 0 radical (unpaired) electrons. The van der Waals surface area contributed by atoms with E-state index in [9.17, 15) is 61.0 Å². The zero-order valence-corrected chi connectivity index (χ0v) is 53.6. The molecule has 0 aromatic rings. The number of hydrogen-bond acceptors (Lipinski definition) is 18. The maximum Gasteiger partial charge on any atom is 0.220 e. The average Bonchev–Trinajstić information content (AvgIpc) is 2.42. The highest BCUT2D eigenvalue weighted by Gasteiger charge is 2.53. The molecule has 3 aliphatic heterocycles. The van der Waals surface area contributed by atoms with Crippen LogP contribution >= 0.6 is 0 Å². The monoisotopic (exact) mass is 1260 g/mol. The van der Waals surface area contributed by atoms with Gasteiger partial charge in [-0.2, -0.15) is 0 Å². The molecule has 12 N–H and O–H groups in total. The molecule has 3 fully saturated rings. The minimum Gasteiger partial charge on any atom is -0.394 e. The fourth-order valence-electron chi connectivity index (χ4n) is 10.7. The molecular formula is C70H117NO18. The van der Waals surface area contributed by atoms with Crippen molar-refractivity contribution in [2.45, 2.75) is 298 Å². The second-order valence-corrected chi connectivity index (χ2v) is 23.6. The van der Waals surface area contributed by atoms with Gasteiger partial charge in [-0.25, -0.2) is 0 Å². The highest BCUT2D eigenvalue weighted by Crippen LogP contribution is 2.33. The number of aliphatic hydroxyl groups is 11. The van der Waals surface area contributed by atoms with Gasteiger partial charge in [0.2, 0.25) is 5.91 Å². The molecule has 17 unspecified atom stereocenters. The van der Waals surface area contributed by atoms with Gasteiger partial charge < -0.3 is 89.9 Å². The number of aliphatic hydroxyl groups excluding tert-OH is 11. The molecule has 89 heavy (non-hydrogen) atoms. The number of allylic oxidation sites excluding steroid dienone is 18. The van der Waals surface area contributed by atoms with Crippen LogP contribution in [-0.4, -0.2) is 193 Å². The van der Waals surface area contributed by atoms with E-state index in [2.05, 4.69) is 122 Å². The standard InChI is InChI=1S/C70H117NO18/c1-3-5-7-9-11-13-15-17-19-20-21-22-23-24-25-26-27-28-29-30-31-32-34-36-38-40-42-44-46-48-58(76)71-53(54(75)47-45-43-41-39-37-35-33-18-16-14-12-10-8-6-4-2)52-84-68-64(82)61(79)66(56(50-73)86-68)89-70-65(83)62(80)67(57(51-74)87-70)88-69-63(81)60(78)59(77)55(49-72)85-69/h5,7,11,13,17,19,21-22,24-25,27-28,30-31,34,36,40,42,53-57,59-70,72-75,77-83H,3-4,6,8-10,12,14-16,18,20,23,26,29,32-33,35,37-39,41,43-52H2,1-2H3,(H,71,76)/b7-5-,13-11-,19-17-,22-21-,25-24-,28-27-,31-30-,36-34-,42-40-. The Morgan fingerprint density at radius 1 is 0.416 bits per heavy atom. The van der Waals surface area contributed by atoms with Gasteiger partial charge in [-0.1, -0.05) is 220 Å². The third-order valence-corrected chi connectivity index (χ3v) is 16.1. The maximum absolute atomic E-state index is 13.4. The predicted molar refractivity (Wildman–Crippen MR) is 346 cm³/mol. The Kier molecular flexibility index (Phi) is 45.6. The fraction of sp³-hybridized carbons (Fsp3) is 0.729. The van der Waals surface area contributed by atoms with Gasteiger partial charge >= 0.3 is 0 Å². The summed E-state index contributed by atoms with van der Waals surface area (Å²) in [5.41, 5.74) is 0. The highest BCUT2D eigenvalue weighted by atomic mass is 16.8. The summed E-state index contributed by atoms with van der Waals surface area (Å²) in [7, 11) is 0. The van der Waals surface area contributed by atoms with Crippen molar-refractivity contribution < 1.29 is 89.4 Å². The zero-order valence-electron chi connectivity index (χ0n) is 53.6. The van der Waals surface area contributed by atoms with Crippen molar-refractivity contribution in [2.24, 2.45) is 0 Å². The molecule has 0 saturated carbocycles. The van der Waals surface area contributed by atoms with Crippen LogP contribution < -0.4 is 5.32 Å². The summed E-state index contributed by atoms with van der Waals surface area (Å²) in [5.74, 6) is -0.305. The molecule has 0 bridgehead atoms. The summed E-state index contributed by atoms with van der Waals surface area (Å²) in [6.45, 7) is 1.62. The lowest BCUT2D eigenvalue weighted by Gasteiger charge is -2.48. The van der Waals surface area contributed by atoms with Crippen molar-refractivity contribution in [3.05, 3.63) is 109 Å². The molecule has 19 heteroatoms. The lowest BCUT2D eigenvalue weighted by molar-refractivity contribution is -0.379. The van der Waals surface area contributed by atoms with Crippen molar-refractivity contribution in [3.63, 3.8) is 0 Å². The van der Waals surface area contributed by atoms with E-state index in [4.69, 9.17) is 28.4 Å². The Labute approximate surface area is 532 Å². The number of unbranched alkanes of at least 4 members (excludes halogenated alkanes) is 15. The summed E-state index contributed by atoms with van der Waals surface area (Å²) in [6.07, 6.45) is 40.3. The maximum atomic E-state index is 13.4. The number of nitrogens with one attached hydrogen (secondary N) is 1. The van der Waals surface area contributed by atoms with Gasteiger partial charge in [0.15, 0.2) is 18.9 Å². The molecule has 0 aromatic heterocycles. The molecule has 3 heterocycles. The van der Waals surface area contributed by atoms with Crippen LogP contribution in [0.5, 0.6) is 0 Å². The molecule has 19 nitrogen and oxygen atoms in total. The van der Waals surface area contributed by atoms with Crippen LogP contribution in [0.3, 0.4) is 0 Å². The van der Waals surface area contributed by atoms with Crippen LogP contribution in [0.15, 0.2) is 109 Å². The first-order valence-corrected chi connectivity index (χ1v) is 33.6. The second kappa shape index (κ2) is 50.9. The highest BCUT2D eigenvalue weighted by molar-refractivity contribution is 5.76. The fourth-order valence-corrected chi connectivity index (χ4v) is 10.7. The van der Waals surface area contributed by atoms with Crippen LogP contribution in [-0.2, 0) is 33.2 Å². The Balaban J connectivity index is 1.45. The van der Waals surface area contributed by atoms with Gasteiger partial charge in [0.25, 0.3) is 0 Å². The third kappa shape index (κ3) is 33.2. The van der Waals surface area contributed by atoms with E-state index in [-0.39, 0.29) is 18.9 Å². The molecule has 3 saturated heterocycles. The van der Waals surface area contributed by atoms with Crippen LogP contribution in [0.4, 0.5) is 0 Å². The average molecular weight is 1260 g/mol. The van der Waals surface area contributed by atoms with E-state index in [1.165, 1.54) is 70.6 Å². The van der Waals surface area contributed by atoms with Gasteiger partial charge in [0.1, 0.15) is 73.2 Å². The smallest absolute Gasteiger partial charge is 0.220 e. The van der Waals surface area contributed by atoms with E-state index in [0.717, 1.165) is 77.0 Å². The molecule has 17 atom stereocenters. The van der Waals surface area contributed by atoms with Crippen molar-refractivity contribution in [1.29, 1.82) is 0 Å². The Morgan fingerprint density at radius 2 is 0.764 bits per heavy atom. The molecule has 0 aromatic carbocycles. The van der Waals surface area contributed by atoms with Crippen molar-refractivity contribution in [1.82, 2.24) is 5.32 Å². The first-order chi connectivity index (χ1) is 43.3. The minimum atomic E-state index is -1.98. The van der Waals surface area contributed by atoms with E-state index in [1.807, 2.05) is 6.08 Å². The molecule has 0 spiro atoms. The van der Waals surface area contributed by atoms with Crippen molar-refractivity contribution >= 4 is 5.91 Å². The summed E-state index contributed by atoms with van der Waals surface area (Å²) in [6, 6.07) is -0.926. The summed E-state index contributed by atoms with van der Waals surface area (Å²) in [5, 5.41) is 120. The molecule has 510 valence electrons. The summed E-state index contributed by atoms with van der Waals surface area (Å²) in [4.78, 5) is 13.4. The van der Waals surface area contributed by atoms with Crippen LogP contribution in [0.2, 0.25) is 0 Å². The number of carbonyl (C=O) groups is 1. The first kappa shape index (κ1) is 79.7. The number of rotatable bonds is 49. The zero-order chi connectivity index (χ0) is 64.7. The topological polar surface area (TPSA) is 307 Å². The first-order valence-electron chi connectivity index (χ1n) is 33.6. The van der Waals surface area contributed by atoms with Gasteiger partial charge in [0, 0.05) is 6.42 Å². The number of amides is 1. The SMILES string of the molecule is CC/C=C\C/C=C\C/C=C\C/C=C\C/C=C\C/C=C\C/C=C\C/C=C\C/C=C\CCCC(=O)NC(COC1OC(CO)C(OC2OC(CO)C(OC3OC(CO)C(O)C(O)C3O)C(O)C2O)C(O)C1O)C(O)CCCCCCCCCCCCCCCCC. The third-order valence-electron chi connectivity index (χ3n) is 16.1. The molecule has 1 amide bonds. The molecule has 0 aliphatic carbocycles. The lowest BCUT2D eigenvalue weighted by atomic mass is 9.96. The van der Waals surface area contributed by atoms with Crippen LogP contribution in [0, 0.1) is 0 Å². The number of ether oxygens (including phenoxy) is 6. The van der Waals surface area contributed by atoms with E-state index in [0.29, 0.717) is 25.7 Å². The summed E-state index contributed by atoms with van der Waals surface area (Å²) < 4.78 is 34.3. The molecule has 3 aliphatic rings. The summed E-state index contributed by atoms with van der Waals surface area (Å²) >= 11 is 0. The number of carbonyl (C=O) groups excluding carboxylic acids is 1. The largest absolute Gasteiger partial charge is 0.394 e.